The maximum atomic E-state index is 6.18. The average Bonchev–Trinajstić information content (AvgIpc) is 3.00. The van der Waals surface area contributed by atoms with Gasteiger partial charge in [0.15, 0.2) is 5.65 Å². The van der Waals surface area contributed by atoms with Crippen molar-refractivity contribution in [2.24, 2.45) is 11.7 Å². The molecular formula is C13H17N5O. The second-order valence-corrected chi connectivity index (χ2v) is 5.41. The first-order chi connectivity index (χ1) is 9.24. The molecule has 0 spiro atoms. The highest BCUT2D eigenvalue weighted by Gasteiger charge is 2.52. The van der Waals surface area contributed by atoms with E-state index in [9.17, 15) is 0 Å². The minimum Gasteiger partial charge on any atom is -0.376 e. The smallest absolute Gasteiger partial charge is 0.243 e. The molecule has 1 aliphatic heterocycles. The van der Waals surface area contributed by atoms with Crippen LogP contribution in [0.5, 0.6) is 0 Å². The van der Waals surface area contributed by atoms with Crippen LogP contribution in [-0.4, -0.2) is 39.4 Å². The second kappa shape index (κ2) is 3.91. The third-order valence-corrected chi connectivity index (χ3v) is 4.29. The lowest BCUT2D eigenvalue weighted by Gasteiger charge is -2.45. The van der Waals surface area contributed by atoms with Crippen molar-refractivity contribution >= 4 is 11.6 Å². The fraction of sp³-hybridized carbons (Fsp3) is 0.538. The van der Waals surface area contributed by atoms with Crippen molar-refractivity contribution < 1.29 is 4.74 Å². The van der Waals surface area contributed by atoms with Crippen LogP contribution in [0.1, 0.15) is 12.1 Å². The number of fused-ring (bicyclic) bond motifs is 2. The van der Waals surface area contributed by atoms with E-state index in [1.54, 1.807) is 0 Å². The number of hydrogen-bond donors (Lipinski definition) is 2. The molecule has 6 nitrogen and oxygen atoms in total. The van der Waals surface area contributed by atoms with Crippen molar-refractivity contribution in [3.63, 3.8) is 0 Å². The van der Waals surface area contributed by atoms with Gasteiger partial charge in [0, 0.05) is 24.3 Å². The topological polar surface area (TPSA) is 77.5 Å². The second-order valence-electron chi connectivity index (χ2n) is 5.41. The van der Waals surface area contributed by atoms with Crippen LogP contribution < -0.4 is 11.1 Å². The van der Waals surface area contributed by atoms with Crippen LogP contribution in [0.25, 0.3) is 5.65 Å². The molecule has 1 aliphatic carbocycles. The Bertz CT molecular complexity index is 625. The quantitative estimate of drug-likeness (QED) is 0.824. The third kappa shape index (κ3) is 1.56. The number of aryl methyl sites for hydroxylation is 1. The van der Waals surface area contributed by atoms with Gasteiger partial charge < -0.3 is 15.8 Å². The molecule has 4 atom stereocenters. The number of nitrogens with zero attached hydrogens (tertiary/aromatic N) is 3. The zero-order valence-corrected chi connectivity index (χ0v) is 10.8. The van der Waals surface area contributed by atoms with Crippen LogP contribution in [0.3, 0.4) is 0 Å². The first kappa shape index (κ1) is 11.2. The van der Waals surface area contributed by atoms with E-state index in [0.717, 1.165) is 24.4 Å². The van der Waals surface area contributed by atoms with Crippen molar-refractivity contribution in [3.8, 4) is 0 Å². The molecule has 3 heterocycles. The summed E-state index contributed by atoms with van der Waals surface area (Å²) in [6.45, 7) is 2.83. The van der Waals surface area contributed by atoms with Gasteiger partial charge >= 0.3 is 0 Å². The molecule has 0 bridgehead atoms. The first-order valence-electron chi connectivity index (χ1n) is 6.70. The van der Waals surface area contributed by atoms with E-state index >= 15 is 0 Å². The van der Waals surface area contributed by atoms with Gasteiger partial charge in [-0.3, -0.25) is 0 Å². The fourth-order valence-electron chi connectivity index (χ4n) is 3.17. The summed E-state index contributed by atoms with van der Waals surface area (Å²) in [5, 5.41) is 7.79. The highest BCUT2D eigenvalue weighted by molar-refractivity contribution is 5.45. The number of nitrogens with one attached hydrogen (secondary N) is 1. The summed E-state index contributed by atoms with van der Waals surface area (Å²) >= 11 is 0. The summed E-state index contributed by atoms with van der Waals surface area (Å²) in [6.07, 6.45) is 1.30. The molecule has 3 N–H and O–H groups in total. The van der Waals surface area contributed by atoms with Gasteiger partial charge in [0.2, 0.25) is 5.95 Å². The molecule has 2 aromatic heterocycles. The predicted octanol–water partition coefficient (Wildman–Crippen LogP) is 0.564. The highest BCUT2D eigenvalue weighted by Crippen LogP contribution is 2.38. The zero-order chi connectivity index (χ0) is 13.0. The molecule has 19 heavy (non-hydrogen) atoms. The minimum atomic E-state index is 0.130. The van der Waals surface area contributed by atoms with E-state index in [0.29, 0.717) is 11.9 Å². The monoisotopic (exact) mass is 259 g/mol. The number of anilines is 1. The van der Waals surface area contributed by atoms with Crippen LogP contribution in [0.15, 0.2) is 18.2 Å². The molecule has 2 aromatic rings. The molecular weight excluding hydrogens is 242 g/mol. The number of aromatic nitrogens is 3. The fourth-order valence-corrected chi connectivity index (χ4v) is 3.17. The number of rotatable bonds is 2. The molecule has 100 valence electrons. The van der Waals surface area contributed by atoms with Crippen LogP contribution in [0.2, 0.25) is 0 Å². The Hall–Kier alpha value is -1.66. The number of nitrogens with two attached hydrogens (primary N) is 1. The first-order valence-corrected chi connectivity index (χ1v) is 6.70. The summed E-state index contributed by atoms with van der Waals surface area (Å²) < 4.78 is 7.53. The highest BCUT2D eigenvalue weighted by atomic mass is 16.5. The van der Waals surface area contributed by atoms with E-state index in [-0.39, 0.29) is 18.2 Å². The molecule has 2 fully saturated rings. The Morgan fingerprint density at radius 3 is 3.21 bits per heavy atom. The van der Waals surface area contributed by atoms with Crippen molar-refractivity contribution in [2.75, 3.05) is 11.9 Å². The lowest BCUT2D eigenvalue weighted by Crippen LogP contribution is -2.65. The molecule has 0 radical (unpaired) electrons. The summed E-state index contributed by atoms with van der Waals surface area (Å²) in [5.41, 5.74) is 8.08. The minimum absolute atomic E-state index is 0.130. The van der Waals surface area contributed by atoms with Gasteiger partial charge in [-0.2, -0.15) is 4.98 Å². The van der Waals surface area contributed by atoms with Gasteiger partial charge in [-0.15, -0.1) is 5.10 Å². The Kier molecular flexibility index (Phi) is 2.31. The van der Waals surface area contributed by atoms with Crippen LogP contribution in [0.4, 0.5) is 5.95 Å². The van der Waals surface area contributed by atoms with Crippen molar-refractivity contribution in [1.82, 2.24) is 14.6 Å². The number of hydrogen-bond acceptors (Lipinski definition) is 5. The number of ether oxygens (including phenoxy) is 1. The van der Waals surface area contributed by atoms with Crippen LogP contribution >= 0.6 is 0 Å². The Labute approximate surface area is 111 Å². The van der Waals surface area contributed by atoms with E-state index in [1.165, 1.54) is 0 Å². The number of pyridine rings is 1. The van der Waals surface area contributed by atoms with Gasteiger partial charge in [-0.25, -0.2) is 4.52 Å². The molecule has 1 saturated heterocycles. The molecule has 0 aromatic carbocycles. The SMILES string of the molecule is Cc1cccc2nc(NC3C(N)C4CCOC43)nn12. The lowest BCUT2D eigenvalue weighted by molar-refractivity contribution is 0.00510. The normalized spacial score (nSPS) is 33.2. The van der Waals surface area contributed by atoms with E-state index < -0.39 is 0 Å². The van der Waals surface area contributed by atoms with Crippen molar-refractivity contribution in [1.29, 1.82) is 0 Å². The third-order valence-electron chi connectivity index (χ3n) is 4.29. The maximum absolute atomic E-state index is 6.18. The van der Waals surface area contributed by atoms with E-state index in [4.69, 9.17) is 10.5 Å². The summed E-state index contributed by atoms with van der Waals surface area (Å²) in [5.74, 6) is 1.12. The van der Waals surface area contributed by atoms with Gasteiger partial charge in [-0.1, -0.05) is 6.07 Å². The van der Waals surface area contributed by atoms with Crippen LogP contribution in [-0.2, 0) is 4.74 Å². The standard InChI is InChI=1S/C13H17N5O/c1-7-3-2-4-9-15-13(17-18(7)9)16-11-10(14)8-5-6-19-12(8)11/h2-4,8,10-12H,5-6,14H2,1H3,(H,16,17). The molecule has 4 rings (SSSR count). The largest absolute Gasteiger partial charge is 0.376 e. The van der Waals surface area contributed by atoms with Crippen molar-refractivity contribution in [2.45, 2.75) is 31.5 Å². The van der Waals surface area contributed by atoms with Crippen LogP contribution in [0, 0.1) is 12.8 Å². The van der Waals surface area contributed by atoms with Gasteiger partial charge in [0.1, 0.15) is 0 Å². The maximum Gasteiger partial charge on any atom is 0.243 e. The van der Waals surface area contributed by atoms with E-state index in [1.807, 2.05) is 29.6 Å². The van der Waals surface area contributed by atoms with Gasteiger partial charge in [0.05, 0.1) is 12.1 Å². The van der Waals surface area contributed by atoms with E-state index in [2.05, 4.69) is 15.4 Å². The molecule has 2 aliphatic rings. The molecule has 6 heteroatoms. The van der Waals surface area contributed by atoms with Crippen molar-refractivity contribution in [3.05, 3.63) is 23.9 Å². The molecule has 4 unspecified atom stereocenters. The lowest BCUT2D eigenvalue weighted by atomic mass is 9.72. The zero-order valence-electron chi connectivity index (χ0n) is 10.8. The average molecular weight is 259 g/mol. The predicted molar refractivity (Wildman–Crippen MR) is 71.0 cm³/mol. The summed E-state index contributed by atoms with van der Waals surface area (Å²) in [4.78, 5) is 4.47. The molecule has 0 amide bonds. The Balaban J connectivity index is 1.60. The Morgan fingerprint density at radius 1 is 1.47 bits per heavy atom. The summed E-state index contributed by atoms with van der Waals surface area (Å²) in [6, 6.07) is 6.21. The summed E-state index contributed by atoms with van der Waals surface area (Å²) in [7, 11) is 0. The van der Waals surface area contributed by atoms with Gasteiger partial charge in [0.25, 0.3) is 0 Å². The Morgan fingerprint density at radius 2 is 2.37 bits per heavy atom. The van der Waals surface area contributed by atoms with Gasteiger partial charge in [-0.05, 0) is 25.5 Å². The molecule has 1 saturated carbocycles.